The van der Waals surface area contributed by atoms with Gasteiger partial charge in [-0.1, -0.05) is 27.2 Å². The third-order valence-electron chi connectivity index (χ3n) is 3.71. The summed E-state index contributed by atoms with van der Waals surface area (Å²) >= 11 is 0. The van der Waals surface area contributed by atoms with Crippen molar-refractivity contribution in [1.29, 1.82) is 0 Å². The van der Waals surface area contributed by atoms with Crippen LogP contribution >= 0.6 is 0 Å². The molecule has 0 aromatic heterocycles. The van der Waals surface area contributed by atoms with Crippen molar-refractivity contribution in [2.24, 2.45) is 17.3 Å². The molecule has 1 rings (SSSR count). The summed E-state index contributed by atoms with van der Waals surface area (Å²) in [5.74, 6) is 0.437. The topological polar surface area (TPSA) is 63.2 Å². The van der Waals surface area contributed by atoms with Crippen LogP contribution in [0, 0.1) is 17.3 Å². The lowest BCUT2D eigenvalue weighted by molar-refractivity contribution is -0.126. The van der Waals surface area contributed by atoms with Gasteiger partial charge in [-0.3, -0.25) is 9.59 Å². The van der Waals surface area contributed by atoms with E-state index < -0.39 is 0 Å². The minimum atomic E-state index is -0.0692. The van der Waals surface area contributed by atoms with Crippen LogP contribution in [-0.2, 0) is 14.4 Å². The first-order chi connectivity index (χ1) is 9.30. The second kappa shape index (κ2) is 7.55. The van der Waals surface area contributed by atoms with Crippen LogP contribution in [0.4, 0.5) is 0 Å². The van der Waals surface area contributed by atoms with Gasteiger partial charge in [-0.25, -0.2) is 0 Å². The maximum atomic E-state index is 11.9. The molecule has 2 atom stereocenters. The third-order valence-corrected chi connectivity index (χ3v) is 3.71. The molecule has 1 aliphatic rings. The van der Waals surface area contributed by atoms with Gasteiger partial charge in [-0.15, -0.1) is 0 Å². The number of aldehydes is 1. The predicted molar refractivity (Wildman–Crippen MR) is 78.2 cm³/mol. The van der Waals surface area contributed by atoms with Crippen LogP contribution in [0.1, 0.15) is 59.3 Å². The summed E-state index contributed by atoms with van der Waals surface area (Å²) in [5.41, 5.74) is -0.0618. The van der Waals surface area contributed by atoms with E-state index in [1.54, 1.807) is 0 Å². The zero-order valence-electron chi connectivity index (χ0n) is 12.9. The largest absolute Gasteiger partial charge is 0.349 e. The van der Waals surface area contributed by atoms with Crippen molar-refractivity contribution in [3.05, 3.63) is 0 Å². The third kappa shape index (κ3) is 6.83. The number of ketones is 1. The van der Waals surface area contributed by atoms with E-state index in [4.69, 9.17) is 0 Å². The Labute approximate surface area is 121 Å². The molecule has 1 saturated carbocycles. The average Bonchev–Trinajstić information content (AvgIpc) is 2.34. The standard InChI is InChI=1S/C16H27NO3/c1-16(2,3)9-15(20)17-10-14(19)8-12-5-4-6-13(7-12)11-18/h11-13H,4-10H2,1-3H3,(H,17,20)/t12?,13-/m1/s1. The highest BCUT2D eigenvalue weighted by molar-refractivity contribution is 5.86. The van der Waals surface area contributed by atoms with E-state index in [0.717, 1.165) is 32.0 Å². The number of carbonyl (C=O) groups is 3. The van der Waals surface area contributed by atoms with Crippen molar-refractivity contribution < 1.29 is 14.4 Å². The number of rotatable bonds is 6. The van der Waals surface area contributed by atoms with Gasteiger partial charge in [-0.2, -0.15) is 0 Å². The van der Waals surface area contributed by atoms with Crippen LogP contribution in [0.25, 0.3) is 0 Å². The van der Waals surface area contributed by atoms with Crippen LogP contribution in [0.3, 0.4) is 0 Å². The van der Waals surface area contributed by atoms with Crippen molar-refractivity contribution >= 4 is 18.0 Å². The summed E-state index contributed by atoms with van der Waals surface area (Å²) in [6.07, 6.45) is 5.75. The van der Waals surface area contributed by atoms with E-state index in [0.29, 0.717) is 18.8 Å². The summed E-state index contributed by atoms with van der Waals surface area (Å²) in [4.78, 5) is 34.3. The minimum absolute atomic E-state index is 0.0618. The Bertz CT molecular complexity index is 357. The molecule has 0 spiro atoms. The van der Waals surface area contributed by atoms with Gasteiger partial charge in [0.1, 0.15) is 6.29 Å². The molecule has 1 N–H and O–H groups in total. The van der Waals surface area contributed by atoms with Crippen LogP contribution < -0.4 is 5.32 Å². The summed E-state index contributed by atoms with van der Waals surface area (Å²) < 4.78 is 0. The smallest absolute Gasteiger partial charge is 0.220 e. The normalized spacial score (nSPS) is 23.1. The SMILES string of the molecule is CC(C)(C)CC(=O)NCC(=O)CC1CCC[C@@H](C=O)C1. The zero-order valence-corrected chi connectivity index (χ0v) is 12.9. The van der Waals surface area contributed by atoms with Crippen LogP contribution in [0.15, 0.2) is 0 Å². The second-order valence-electron chi connectivity index (χ2n) is 7.19. The van der Waals surface area contributed by atoms with E-state index in [1.165, 1.54) is 0 Å². The highest BCUT2D eigenvalue weighted by Gasteiger charge is 2.23. The van der Waals surface area contributed by atoms with Gasteiger partial charge in [0, 0.05) is 18.8 Å². The van der Waals surface area contributed by atoms with E-state index in [-0.39, 0.29) is 29.6 Å². The van der Waals surface area contributed by atoms with Gasteiger partial charge in [0.2, 0.25) is 5.91 Å². The molecule has 114 valence electrons. The van der Waals surface area contributed by atoms with E-state index in [2.05, 4.69) is 5.32 Å². The fourth-order valence-corrected chi connectivity index (χ4v) is 2.78. The maximum Gasteiger partial charge on any atom is 0.220 e. The number of carbonyl (C=O) groups excluding carboxylic acids is 3. The number of nitrogens with one attached hydrogen (secondary N) is 1. The van der Waals surface area contributed by atoms with Crippen LogP contribution in [0.2, 0.25) is 0 Å². The predicted octanol–water partition coefficient (Wildman–Crippen LogP) is 2.50. The first-order valence-electron chi connectivity index (χ1n) is 7.54. The van der Waals surface area contributed by atoms with E-state index in [1.807, 2.05) is 20.8 Å². The van der Waals surface area contributed by atoms with Crippen molar-refractivity contribution in [3.63, 3.8) is 0 Å². The maximum absolute atomic E-state index is 11.9. The monoisotopic (exact) mass is 281 g/mol. The molecule has 0 aliphatic heterocycles. The molecular formula is C16H27NO3. The average molecular weight is 281 g/mol. The molecule has 1 fully saturated rings. The Morgan fingerprint density at radius 3 is 2.55 bits per heavy atom. The Balaban J connectivity index is 2.26. The van der Waals surface area contributed by atoms with Crippen LogP contribution in [-0.4, -0.2) is 24.5 Å². The van der Waals surface area contributed by atoms with Crippen LogP contribution in [0.5, 0.6) is 0 Å². The number of Topliss-reactive ketones (excluding diaryl/α,β-unsaturated/α-hetero) is 1. The van der Waals surface area contributed by atoms with Gasteiger partial charge in [0.25, 0.3) is 0 Å². The van der Waals surface area contributed by atoms with Gasteiger partial charge >= 0.3 is 0 Å². The molecular weight excluding hydrogens is 254 g/mol. The second-order valence-corrected chi connectivity index (χ2v) is 7.19. The first-order valence-corrected chi connectivity index (χ1v) is 7.54. The Morgan fingerprint density at radius 1 is 1.25 bits per heavy atom. The first kappa shape index (κ1) is 16.9. The number of amides is 1. The molecule has 0 bridgehead atoms. The molecule has 0 aromatic rings. The fraction of sp³-hybridized carbons (Fsp3) is 0.812. The fourth-order valence-electron chi connectivity index (χ4n) is 2.78. The minimum Gasteiger partial charge on any atom is -0.349 e. The van der Waals surface area contributed by atoms with E-state index >= 15 is 0 Å². The number of hydrogen-bond donors (Lipinski definition) is 1. The highest BCUT2D eigenvalue weighted by atomic mass is 16.2. The lowest BCUT2D eigenvalue weighted by Crippen LogP contribution is -2.33. The highest BCUT2D eigenvalue weighted by Crippen LogP contribution is 2.30. The number of hydrogen-bond acceptors (Lipinski definition) is 3. The molecule has 4 nitrogen and oxygen atoms in total. The quantitative estimate of drug-likeness (QED) is 0.761. The van der Waals surface area contributed by atoms with E-state index in [9.17, 15) is 14.4 Å². The summed E-state index contributed by atoms with van der Waals surface area (Å²) in [5, 5.41) is 2.70. The molecule has 1 aliphatic carbocycles. The van der Waals surface area contributed by atoms with Gasteiger partial charge in [-0.05, 0) is 30.6 Å². The van der Waals surface area contributed by atoms with Crippen molar-refractivity contribution in [2.75, 3.05) is 6.54 Å². The lowest BCUT2D eigenvalue weighted by Gasteiger charge is -2.25. The molecule has 1 amide bonds. The van der Waals surface area contributed by atoms with Gasteiger partial charge in [0.15, 0.2) is 5.78 Å². The summed E-state index contributed by atoms with van der Waals surface area (Å²) in [6, 6.07) is 0. The Kier molecular flexibility index (Phi) is 6.37. The molecule has 0 saturated heterocycles. The van der Waals surface area contributed by atoms with Crippen molar-refractivity contribution in [3.8, 4) is 0 Å². The van der Waals surface area contributed by atoms with Gasteiger partial charge < -0.3 is 10.1 Å². The lowest BCUT2D eigenvalue weighted by atomic mass is 9.80. The molecule has 1 unspecified atom stereocenters. The van der Waals surface area contributed by atoms with Gasteiger partial charge in [0.05, 0.1) is 6.54 Å². The molecule has 20 heavy (non-hydrogen) atoms. The molecule has 4 heteroatoms. The Morgan fingerprint density at radius 2 is 1.95 bits per heavy atom. The molecule has 0 aromatic carbocycles. The Hall–Kier alpha value is -1.19. The molecule has 0 heterocycles. The van der Waals surface area contributed by atoms with Crippen molar-refractivity contribution in [2.45, 2.75) is 59.3 Å². The summed E-state index contributed by atoms with van der Waals surface area (Å²) in [6.45, 7) is 6.11. The zero-order chi connectivity index (χ0) is 15.2. The summed E-state index contributed by atoms with van der Waals surface area (Å²) in [7, 11) is 0. The molecule has 0 radical (unpaired) electrons. The van der Waals surface area contributed by atoms with Crippen molar-refractivity contribution in [1.82, 2.24) is 5.32 Å².